The lowest BCUT2D eigenvalue weighted by atomic mass is 9.84. The largest absolute Gasteiger partial charge is 0.341 e. The SMILES string of the molecule is C[C@@H]1C[C@H]2N(C)C(=O)C[C@@H]1[C@]2(Br)CBr. The van der Waals surface area contributed by atoms with E-state index in [-0.39, 0.29) is 4.32 Å². The van der Waals surface area contributed by atoms with Crippen LogP contribution in [0.2, 0.25) is 0 Å². The van der Waals surface area contributed by atoms with Gasteiger partial charge in [0.25, 0.3) is 0 Å². The van der Waals surface area contributed by atoms with Crippen LogP contribution in [0.15, 0.2) is 0 Å². The summed E-state index contributed by atoms with van der Waals surface area (Å²) in [4.78, 5) is 13.6. The maximum atomic E-state index is 11.7. The molecule has 4 heteroatoms. The summed E-state index contributed by atoms with van der Waals surface area (Å²) in [6.45, 7) is 2.26. The van der Waals surface area contributed by atoms with Crippen LogP contribution in [-0.4, -0.2) is 33.6 Å². The maximum Gasteiger partial charge on any atom is 0.222 e. The molecule has 1 saturated heterocycles. The van der Waals surface area contributed by atoms with Gasteiger partial charge in [-0.1, -0.05) is 38.8 Å². The molecule has 0 N–H and O–H groups in total. The summed E-state index contributed by atoms with van der Waals surface area (Å²) >= 11 is 7.43. The van der Waals surface area contributed by atoms with Crippen LogP contribution in [0.5, 0.6) is 0 Å². The van der Waals surface area contributed by atoms with Crippen LogP contribution in [0.1, 0.15) is 19.8 Å². The van der Waals surface area contributed by atoms with Gasteiger partial charge in [-0.2, -0.15) is 0 Å². The van der Waals surface area contributed by atoms with Gasteiger partial charge in [-0.05, 0) is 18.3 Å². The molecule has 2 aliphatic rings. The number of alkyl halides is 2. The molecule has 1 aliphatic carbocycles. The van der Waals surface area contributed by atoms with E-state index in [0.29, 0.717) is 30.2 Å². The first-order chi connectivity index (χ1) is 6.50. The normalized spacial score (nSPS) is 47.3. The second-order valence-corrected chi connectivity index (χ2v) is 6.64. The van der Waals surface area contributed by atoms with Crippen molar-refractivity contribution in [3.05, 3.63) is 0 Å². The Balaban J connectivity index is 2.36. The van der Waals surface area contributed by atoms with Crippen molar-refractivity contribution in [1.82, 2.24) is 4.90 Å². The van der Waals surface area contributed by atoms with Gasteiger partial charge in [0.1, 0.15) is 0 Å². The fourth-order valence-corrected chi connectivity index (χ4v) is 4.87. The van der Waals surface area contributed by atoms with Gasteiger partial charge in [-0.3, -0.25) is 4.79 Å². The predicted molar refractivity (Wildman–Crippen MR) is 63.9 cm³/mol. The fraction of sp³-hybridized carbons (Fsp3) is 0.900. The number of rotatable bonds is 1. The molecule has 0 radical (unpaired) electrons. The molecule has 2 bridgehead atoms. The first kappa shape index (κ1) is 10.9. The smallest absolute Gasteiger partial charge is 0.222 e. The molecule has 4 atom stereocenters. The summed E-state index contributed by atoms with van der Waals surface area (Å²) in [6.07, 6.45) is 1.83. The molecule has 0 aromatic carbocycles. The molecule has 1 aliphatic heterocycles. The number of hydrogen-bond acceptors (Lipinski definition) is 1. The highest BCUT2D eigenvalue weighted by Gasteiger charge is 2.57. The molecule has 0 aromatic rings. The molecule has 2 nitrogen and oxygen atoms in total. The van der Waals surface area contributed by atoms with E-state index in [2.05, 4.69) is 38.8 Å². The minimum Gasteiger partial charge on any atom is -0.341 e. The number of amides is 1. The molecule has 0 spiro atoms. The van der Waals surface area contributed by atoms with Crippen LogP contribution in [0, 0.1) is 11.8 Å². The lowest BCUT2D eigenvalue weighted by Crippen LogP contribution is -2.55. The molecule has 2 fully saturated rings. The monoisotopic (exact) mass is 323 g/mol. The van der Waals surface area contributed by atoms with E-state index in [1.807, 2.05) is 11.9 Å². The zero-order valence-corrected chi connectivity index (χ0v) is 11.6. The van der Waals surface area contributed by atoms with E-state index in [1.54, 1.807) is 0 Å². The number of nitrogens with zero attached hydrogens (tertiary/aromatic N) is 1. The van der Waals surface area contributed by atoms with Crippen molar-refractivity contribution in [2.75, 3.05) is 12.4 Å². The van der Waals surface area contributed by atoms with E-state index in [1.165, 1.54) is 0 Å². The number of carbonyl (C=O) groups excluding carboxylic acids is 1. The van der Waals surface area contributed by atoms with Gasteiger partial charge in [0.15, 0.2) is 0 Å². The maximum absolute atomic E-state index is 11.7. The van der Waals surface area contributed by atoms with Crippen LogP contribution < -0.4 is 0 Å². The Kier molecular flexibility index (Phi) is 2.71. The van der Waals surface area contributed by atoms with Crippen LogP contribution in [0.4, 0.5) is 0 Å². The molecular formula is C10H15Br2NO. The zero-order valence-electron chi connectivity index (χ0n) is 8.46. The number of likely N-dealkylation sites (tertiary alicyclic amines) is 1. The number of carbonyl (C=O) groups is 1. The molecule has 1 amide bonds. The minimum atomic E-state index is 0.106. The summed E-state index contributed by atoms with van der Waals surface area (Å²) in [5.74, 6) is 1.45. The van der Waals surface area contributed by atoms with Crippen LogP contribution >= 0.6 is 31.9 Å². The van der Waals surface area contributed by atoms with E-state index in [9.17, 15) is 4.79 Å². The number of hydrogen-bond donors (Lipinski definition) is 0. The Hall–Kier alpha value is 0.430. The van der Waals surface area contributed by atoms with Gasteiger partial charge in [-0.15, -0.1) is 0 Å². The van der Waals surface area contributed by atoms with Crippen molar-refractivity contribution in [2.45, 2.75) is 30.1 Å². The Bertz CT molecular complexity index is 271. The minimum absolute atomic E-state index is 0.106. The quantitative estimate of drug-likeness (QED) is 0.678. The average molecular weight is 325 g/mol. The highest BCUT2D eigenvalue weighted by Crippen LogP contribution is 2.53. The Morgan fingerprint density at radius 2 is 2.29 bits per heavy atom. The number of piperidine rings is 1. The Morgan fingerprint density at radius 3 is 2.86 bits per heavy atom. The van der Waals surface area contributed by atoms with Gasteiger partial charge in [0, 0.05) is 24.8 Å². The molecule has 0 aromatic heterocycles. The van der Waals surface area contributed by atoms with E-state index < -0.39 is 0 Å². The second-order valence-electron chi connectivity index (χ2n) is 4.60. The second kappa shape index (κ2) is 3.48. The molecular weight excluding hydrogens is 310 g/mol. The molecule has 14 heavy (non-hydrogen) atoms. The third-order valence-electron chi connectivity index (χ3n) is 3.91. The molecule has 1 saturated carbocycles. The average Bonchev–Trinajstić information content (AvgIpc) is 2.33. The predicted octanol–water partition coefficient (Wildman–Crippen LogP) is 2.40. The van der Waals surface area contributed by atoms with Gasteiger partial charge < -0.3 is 4.90 Å². The van der Waals surface area contributed by atoms with E-state index >= 15 is 0 Å². The zero-order chi connectivity index (χ0) is 10.5. The van der Waals surface area contributed by atoms with Gasteiger partial charge in [0.2, 0.25) is 5.91 Å². The third kappa shape index (κ3) is 1.29. The number of halogens is 2. The highest BCUT2D eigenvalue weighted by atomic mass is 79.9. The summed E-state index contributed by atoms with van der Waals surface area (Å²) in [7, 11) is 1.93. The lowest BCUT2D eigenvalue weighted by molar-refractivity contribution is -0.135. The van der Waals surface area contributed by atoms with Crippen molar-refractivity contribution >= 4 is 37.8 Å². The first-order valence-corrected chi connectivity index (χ1v) is 6.92. The van der Waals surface area contributed by atoms with Crippen molar-refractivity contribution in [3.63, 3.8) is 0 Å². The summed E-state index contributed by atoms with van der Waals surface area (Å²) < 4.78 is 0.106. The molecule has 1 heterocycles. The standard InChI is InChI=1S/C10H15Br2NO/c1-6-3-8-10(12,5-11)7(6)4-9(14)13(8)2/h6-8H,3-5H2,1-2H3/t6-,7+,8-,10-/m1/s1. The van der Waals surface area contributed by atoms with Crippen LogP contribution in [-0.2, 0) is 4.79 Å². The van der Waals surface area contributed by atoms with E-state index in [4.69, 9.17) is 0 Å². The summed E-state index contributed by atoms with van der Waals surface area (Å²) in [5, 5.41) is 0.928. The van der Waals surface area contributed by atoms with Crippen molar-refractivity contribution in [2.24, 2.45) is 11.8 Å². The highest BCUT2D eigenvalue weighted by molar-refractivity contribution is 9.12. The molecule has 0 unspecified atom stereocenters. The van der Waals surface area contributed by atoms with Crippen molar-refractivity contribution < 1.29 is 4.79 Å². The summed E-state index contributed by atoms with van der Waals surface area (Å²) in [5.41, 5.74) is 0. The fourth-order valence-electron chi connectivity index (χ4n) is 2.98. The first-order valence-electron chi connectivity index (χ1n) is 5.01. The third-order valence-corrected chi connectivity index (χ3v) is 6.99. The molecule has 80 valence electrons. The van der Waals surface area contributed by atoms with Gasteiger partial charge >= 0.3 is 0 Å². The Morgan fingerprint density at radius 1 is 1.64 bits per heavy atom. The lowest BCUT2D eigenvalue weighted by Gasteiger charge is -2.43. The summed E-state index contributed by atoms with van der Waals surface area (Å²) in [6, 6.07) is 0.364. The Labute approximate surface area is 102 Å². The van der Waals surface area contributed by atoms with Gasteiger partial charge in [-0.25, -0.2) is 0 Å². The van der Waals surface area contributed by atoms with E-state index in [0.717, 1.165) is 11.8 Å². The van der Waals surface area contributed by atoms with Crippen LogP contribution in [0.3, 0.4) is 0 Å². The van der Waals surface area contributed by atoms with Gasteiger partial charge in [0.05, 0.1) is 4.32 Å². The van der Waals surface area contributed by atoms with Crippen LogP contribution in [0.25, 0.3) is 0 Å². The topological polar surface area (TPSA) is 20.3 Å². The number of fused-ring (bicyclic) bond motifs is 2. The molecule has 2 rings (SSSR count). The van der Waals surface area contributed by atoms with Crippen molar-refractivity contribution in [3.8, 4) is 0 Å². The van der Waals surface area contributed by atoms with Crippen molar-refractivity contribution in [1.29, 1.82) is 0 Å².